The van der Waals surface area contributed by atoms with E-state index in [0.29, 0.717) is 12.5 Å². The summed E-state index contributed by atoms with van der Waals surface area (Å²) in [4.78, 5) is 13.9. The van der Waals surface area contributed by atoms with Crippen molar-refractivity contribution in [3.8, 4) is 0 Å². The number of fused-ring (bicyclic) bond motifs is 1. The Labute approximate surface area is 108 Å². The summed E-state index contributed by atoms with van der Waals surface area (Å²) in [7, 11) is 3.64. The molecule has 18 heavy (non-hydrogen) atoms. The maximum absolute atomic E-state index is 12.2. The van der Waals surface area contributed by atoms with Gasteiger partial charge in [-0.05, 0) is 30.7 Å². The highest BCUT2D eigenvalue weighted by Gasteiger charge is 2.26. The molecule has 1 atom stereocenters. The lowest BCUT2D eigenvalue weighted by molar-refractivity contribution is -0.119. The number of amides is 1. The van der Waals surface area contributed by atoms with E-state index >= 15 is 0 Å². The van der Waals surface area contributed by atoms with Crippen molar-refractivity contribution in [2.45, 2.75) is 25.8 Å². The van der Waals surface area contributed by atoms with Crippen LogP contribution in [-0.2, 0) is 4.79 Å². The van der Waals surface area contributed by atoms with E-state index in [1.807, 2.05) is 20.2 Å². The van der Waals surface area contributed by atoms with Crippen molar-refractivity contribution < 1.29 is 4.79 Å². The second kappa shape index (κ2) is 4.98. The SMILES string of the molecule is CNC1CNc2cc(C(C)C)ccc2N(C)C1=O. The van der Waals surface area contributed by atoms with Crippen LogP contribution in [0.3, 0.4) is 0 Å². The summed E-state index contributed by atoms with van der Waals surface area (Å²) in [5.74, 6) is 0.586. The number of nitrogens with one attached hydrogen (secondary N) is 2. The lowest BCUT2D eigenvalue weighted by atomic mass is 10.0. The topological polar surface area (TPSA) is 44.4 Å². The molecule has 0 saturated carbocycles. The highest BCUT2D eigenvalue weighted by molar-refractivity contribution is 6.01. The van der Waals surface area contributed by atoms with Gasteiger partial charge in [-0.15, -0.1) is 0 Å². The summed E-state index contributed by atoms with van der Waals surface area (Å²) in [5, 5.41) is 6.40. The minimum Gasteiger partial charge on any atom is -0.381 e. The normalized spacial score (nSPS) is 19.5. The van der Waals surface area contributed by atoms with E-state index < -0.39 is 0 Å². The van der Waals surface area contributed by atoms with Crippen LogP contribution in [0.2, 0.25) is 0 Å². The first kappa shape index (κ1) is 12.9. The summed E-state index contributed by atoms with van der Waals surface area (Å²) in [6.07, 6.45) is 0. The summed E-state index contributed by atoms with van der Waals surface area (Å²) < 4.78 is 0. The first-order valence-corrected chi connectivity index (χ1v) is 6.37. The molecule has 1 unspecified atom stereocenters. The standard InChI is InChI=1S/C14H21N3O/c1-9(2)10-5-6-13-11(7-10)16-8-12(15-3)14(18)17(13)4/h5-7,9,12,15-16H,8H2,1-4H3. The Morgan fingerprint density at radius 2 is 2.17 bits per heavy atom. The third-order valence-electron chi connectivity index (χ3n) is 3.52. The van der Waals surface area contributed by atoms with Gasteiger partial charge in [-0.2, -0.15) is 0 Å². The predicted octanol–water partition coefficient (Wildman–Crippen LogP) is 1.79. The molecule has 0 aromatic heterocycles. The van der Waals surface area contributed by atoms with E-state index in [1.54, 1.807) is 4.90 Å². The number of benzene rings is 1. The average Bonchev–Trinajstić information content (AvgIpc) is 2.48. The van der Waals surface area contributed by atoms with Crippen LogP contribution in [0.4, 0.5) is 11.4 Å². The van der Waals surface area contributed by atoms with E-state index in [9.17, 15) is 4.79 Å². The van der Waals surface area contributed by atoms with E-state index in [4.69, 9.17) is 0 Å². The van der Waals surface area contributed by atoms with Crippen LogP contribution in [-0.4, -0.2) is 32.6 Å². The smallest absolute Gasteiger partial charge is 0.245 e. The van der Waals surface area contributed by atoms with Crippen LogP contribution in [0.5, 0.6) is 0 Å². The highest BCUT2D eigenvalue weighted by Crippen LogP contribution is 2.31. The van der Waals surface area contributed by atoms with Gasteiger partial charge >= 0.3 is 0 Å². The Morgan fingerprint density at radius 3 is 2.78 bits per heavy atom. The number of likely N-dealkylation sites (N-methyl/N-ethyl adjacent to an activating group) is 2. The van der Waals surface area contributed by atoms with Gasteiger partial charge in [0.05, 0.1) is 11.4 Å². The molecule has 0 spiro atoms. The van der Waals surface area contributed by atoms with Gasteiger partial charge in [0, 0.05) is 13.6 Å². The van der Waals surface area contributed by atoms with E-state index in [1.165, 1.54) is 5.56 Å². The highest BCUT2D eigenvalue weighted by atomic mass is 16.2. The summed E-state index contributed by atoms with van der Waals surface area (Å²) >= 11 is 0. The molecule has 1 aromatic rings. The molecule has 0 radical (unpaired) electrons. The zero-order valence-electron chi connectivity index (χ0n) is 11.4. The predicted molar refractivity (Wildman–Crippen MR) is 75.3 cm³/mol. The number of anilines is 2. The van der Waals surface area contributed by atoms with Crippen molar-refractivity contribution in [1.29, 1.82) is 0 Å². The van der Waals surface area contributed by atoms with Gasteiger partial charge in [-0.1, -0.05) is 19.9 Å². The van der Waals surface area contributed by atoms with E-state index in [-0.39, 0.29) is 11.9 Å². The molecule has 1 amide bonds. The van der Waals surface area contributed by atoms with E-state index in [0.717, 1.165) is 11.4 Å². The zero-order valence-corrected chi connectivity index (χ0v) is 11.4. The molecule has 1 aliphatic heterocycles. The number of hydrogen-bond acceptors (Lipinski definition) is 3. The molecule has 1 aromatic carbocycles. The van der Waals surface area contributed by atoms with E-state index in [2.05, 4.69) is 36.6 Å². The molecule has 98 valence electrons. The third-order valence-corrected chi connectivity index (χ3v) is 3.52. The van der Waals surface area contributed by atoms with Crippen LogP contribution < -0.4 is 15.5 Å². The molecule has 2 N–H and O–H groups in total. The summed E-state index contributed by atoms with van der Waals surface area (Å²) in [6, 6.07) is 6.08. The van der Waals surface area contributed by atoms with Crippen molar-refractivity contribution in [1.82, 2.24) is 5.32 Å². The summed E-state index contributed by atoms with van der Waals surface area (Å²) in [6.45, 7) is 4.96. The average molecular weight is 247 g/mol. The Balaban J connectivity index is 2.40. The van der Waals surface area contributed by atoms with Crippen molar-refractivity contribution in [2.75, 3.05) is 30.9 Å². The van der Waals surface area contributed by atoms with Crippen LogP contribution in [0, 0.1) is 0 Å². The molecule has 1 aliphatic rings. The van der Waals surface area contributed by atoms with Crippen LogP contribution in [0.1, 0.15) is 25.3 Å². The Hall–Kier alpha value is -1.55. The van der Waals surface area contributed by atoms with Crippen LogP contribution in [0.25, 0.3) is 0 Å². The molecule has 4 nitrogen and oxygen atoms in total. The number of rotatable bonds is 2. The van der Waals surface area contributed by atoms with Crippen molar-refractivity contribution in [3.63, 3.8) is 0 Å². The maximum atomic E-state index is 12.2. The number of nitrogens with zero attached hydrogens (tertiary/aromatic N) is 1. The first-order chi connectivity index (χ1) is 8.54. The van der Waals surface area contributed by atoms with Gasteiger partial charge in [0.25, 0.3) is 0 Å². The molecule has 2 rings (SSSR count). The second-order valence-corrected chi connectivity index (χ2v) is 5.05. The van der Waals surface area contributed by atoms with Gasteiger partial charge in [0.2, 0.25) is 5.91 Å². The Bertz CT molecular complexity index is 456. The minimum absolute atomic E-state index is 0.0982. The Morgan fingerprint density at radius 1 is 1.44 bits per heavy atom. The van der Waals surface area contributed by atoms with Crippen molar-refractivity contribution >= 4 is 17.3 Å². The Kier molecular flexibility index (Phi) is 3.57. The van der Waals surface area contributed by atoms with Gasteiger partial charge in [0.15, 0.2) is 0 Å². The molecular formula is C14H21N3O. The van der Waals surface area contributed by atoms with Gasteiger partial charge < -0.3 is 15.5 Å². The maximum Gasteiger partial charge on any atom is 0.245 e. The number of hydrogen-bond donors (Lipinski definition) is 2. The minimum atomic E-state index is -0.176. The lowest BCUT2D eigenvalue weighted by Gasteiger charge is -2.20. The lowest BCUT2D eigenvalue weighted by Crippen LogP contribution is -2.45. The fourth-order valence-corrected chi connectivity index (χ4v) is 2.22. The monoisotopic (exact) mass is 247 g/mol. The number of carbonyl (C=O) groups excluding carboxylic acids is 1. The van der Waals surface area contributed by atoms with Crippen LogP contribution >= 0.6 is 0 Å². The first-order valence-electron chi connectivity index (χ1n) is 6.37. The molecule has 1 heterocycles. The largest absolute Gasteiger partial charge is 0.381 e. The van der Waals surface area contributed by atoms with Crippen molar-refractivity contribution in [3.05, 3.63) is 23.8 Å². The summed E-state index contributed by atoms with van der Waals surface area (Å²) in [5.41, 5.74) is 3.27. The second-order valence-electron chi connectivity index (χ2n) is 5.05. The molecule has 0 aliphatic carbocycles. The molecular weight excluding hydrogens is 226 g/mol. The molecule has 0 bridgehead atoms. The number of carbonyl (C=O) groups is 1. The van der Waals surface area contributed by atoms with Crippen LogP contribution in [0.15, 0.2) is 18.2 Å². The van der Waals surface area contributed by atoms with Gasteiger partial charge in [-0.25, -0.2) is 0 Å². The quantitative estimate of drug-likeness (QED) is 0.837. The zero-order chi connectivity index (χ0) is 13.3. The third kappa shape index (κ3) is 2.20. The fourth-order valence-electron chi connectivity index (χ4n) is 2.22. The molecule has 0 fully saturated rings. The molecule has 0 saturated heterocycles. The fraction of sp³-hybridized carbons (Fsp3) is 0.500. The van der Waals surface area contributed by atoms with Gasteiger partial charge in [-0.3, -0.25) is 4.79 Å². The molecule has 4 heteroatoms. The van der Waals surface area contributed by atoms with Gasteiger partial charge in [0.1, 0.15) is 6.04 Å². The van der Waals surface area contributed by atoms with Crippen molar-refractivity contribution in [2.24, 2.45) is 0 Å².